The summed E-state index contributed by atoms with van der Waals surface area (Å²) < 4.78 is 16.3. The molecule has 1 fully saturated rings. The fourth-order valence-corrected chi connectivity index (χ4v) is 1.95. The fourth-order valence-electron chi connectivity index (χ4n) is 1.95. The van der Waals surface area contributed by atoms with Crippen LogP contribution in [-0.2, 0) is 14.2 Å². The van der Waals surface area contributed by atoms with Crippen LogP contribution in [0, 0.1) is 12.3 Å². The third-order valence-electron chi connectivity index (χ3n) is 2.67. The maximum atomic E-state index is 5.55. The largest absolute Gasteiger partial charge is 0.379 e. The molecule has 0 spiro atoms. The SMILES string of the molecule is C#CCOC1C(OC)CCCC1OC. The van der Waals surface area contributed by atoms with Crippen LogP contribution in [0.5, 0.6) is 0 Å². The van der Waals surface area contributed by atoms with E-state index in [0.29, 0.717) is 6.61 Å². The predicted octanol–water partition coefficient (Wildman–Crippen LogP) is 1.22. The molecular formula is C11H18O3. The first-order chi connectivity index (χ1) is 6.83. The van der Waals surface area contributed by atoms with Gasteiger partial charge >= 0.3 is 0 Å². The molecule has 3 heteroatoms. The third-order valence-corrected chi connectivity index (χ3v) is 2.67. The smallest absolute Gasteiger partial charge is 0.111 e. The van der Waals surface area contributed by atoms with Gasteiger partial charge in [0.1, 0.15) is 12.7 Å². The quantitative estimate of drug-likeness (QED) is 0.636. The Morgan fingerprint density at radius 1 is 1.21 bits per heavy atom. The van der Waals surface area contributed by atoms with Gasteiger partial charge in [0, 0.05) is 14.2 Å². The predicted molar refractivity (Wildman–Crippen MR) is 54.0 cm³/mol. The average molecular weight is 198 g/mol. The molecule has 14 heavy (non-hydrogen) atoms. The van der Waals surface area contributed by atoms with Crippen molar-refractivity contribution in [1.82, 2.24) is 0 Å². The third kappa shape index (κ3) is 2.71. The molecule has 0 radical (unpaired) electrons. The zero-order valence-electron chi connectivity index (χ0n) is 8.86. The standard InChI is InChI=1S/C11H18O3/c1-4-8-14-11-9(12-2)6-5-7-10(11)13-3/h1,9-11H,5-8H2,2-3H3. The van der Waals surface area contributed by atoms with Crippen molar-refractivity contribution in [2.24, 2.45) is 0 Å². The monoisotopic (exact) mass is 198 g/mol. The van der Waals surface area contributed by atoms with E-state index in [0.717, 1.165) is 19.3 Å². The van der Waals surface area contributed by atoms with Gasteiger partial charge in [-0.1, -0.05) is 5.92 Å². The van der Waals surface area contributed by atoms with Gasteiger partial charge in [0.25, 0.3) is 0 Å². The Hall–Kier alpha value is -0.560. The van der Waals surface area contributed by atoms with Gasteiger partial charge < -0.3 is 14.2 Å². The second-order valence-corrected chi connectivity index (χ2v) is 3.46. The van der Waals surface area contributed by atoms with Crippen LogP contribution in [0.25, 0.3) is 0 Å². The summed E-state index contributed by atoms with van der Waals surface area (Å²) in [5, 5.41) is 0. The molecule has 2 atom stereocenters. The van der Waals surface area contributed by atoms with Crippen LogP contribution in [0.4, 0.5) is 0 Å². The number of rotatable bonds is 4. The van der Waals surface area contributed by atoms with Gasteiger partial charge in [0.2, 0.25) is 0 Å². The zero-order valence-corrected chi connectivity index (χ0v) is 8.86. The van der Waals surface area contributed by atoms with E-state index in [9.17, 15) is 0 Å². The summed E-state index contributed by atoms with van der Waals surface area (Å²) in [5.74, 6) is 2.47. The minimum absolute atomic E-state index is 0.0187. The van der Waals surface area contributed by atoms with E-state index in [1.54, 1.807) is 14.2 Å². The van der Waals surface area contributed by atoms with Gasteiger partial charge in [0.15, 0.2) is 0 Å². The van der Waals surface area contributed by atoms with Gasteiger partial charge in [-0.15, -0.1) is 6.42 Å². The Morgan fingerprint density at radius 2 is 1.79 bits per heavy atom. The first kappa shape index (κ1) is 11.5. The first-order valence-corrected chi connectivity index (χ1v) is 4.94. The minimum atomic E-state index is -0.0187. The van der Waals surface area contributed by atoms with E-state index in [1.807, 2.05) is 0 Å². The van der Waals surface area contributed by atoms with Crippen molar-refractivity contribution >= 4 is 0 Å². The Kier molecular flexibility index (Phi) is 4.95. The maximum Gasteiger partial charge on any atom is 0.111 e. The molecule has 0 aromatic heterocycles. The molecular weight excluding hydrogens is 180 g/mol. The molecule has 1 aliphatic carbocycles. The minimum Gasteiger partial charge on any atom is -0.379 e. The van der Waals surface area contributed by atoms with Gasteiger partial charge in [-0.05, 0) is 19.3 Å². The molecule has 3 nitrogen and oxygen atoms in total. The molecule has 1 saturated carbocycles. The highest BCUT2D eigenvalue weighted by Crippen LogP contribution is 2.25. The highest BCUT2D eigenvalue weighted by molar-refractivity contribution is 4.89. The summed E-state index contributed by atoms with van der Waals surface area (Å²) in [6, 6.07) is 0. The van der Waals surface area contributed by atoms with E-state index in [-0.39, 0.29) is 18.3 Å². The summed E-state index contributed by atoms with van der Waals surface area (Å²) >= 11 is 0. The maximum absolute atomic E-state index is 5.55. The van der Waals surface area contributed by atoms with Crippen LogP contribution in [0.1, 0.15) is 19.3 Å². The molecule has 1 rings (SSSR count). The van der Waals surface area contributed by atoms with Crippen molar-refractivity contribution in [3.05, 3.63) is 0 Å². The summed E-state index contributed by atoms with van der Waals surface area (Å²) in [6.45, 7) is 0.324. The number of hydrogen-bond donors (Lipinski definition) is 0. The fraction of sp³-hybridized carbons (Fsp3) is 0.818. The van der Waals surface area contributed by atoms with Crippen LogP contribution in [0.15, 0.2) is 0 Å². The Balaban J connectivity index is 2.54. The lowest BCUT2D eigenvalue weighted by Gasteiger charge is -2.35. The van der Waals surface area contributed by atoms with E-state index in [4.69, 9.17) is 20.6 Å². The summed E-state index contributed by atoms with van der Waals surface area (Å²) in [7, 11) is 3.41. The van der Waals surface area contributed by atoms with Gasteiger partial charge in [0.05, 0.1) is 12.2 Å². The van der Waals surface area contributed by atoms with E-state index in [1.165, 1.54) is 0 Å². The molecule has 0 saturated heterocycles. The van der Waals surface area contributed by atoms with Crippen LogP contribution < -0.4 is 0 Å². The van der Waals surface area contributed by atoms with Crippen LogP contribution in [0.2, 0.25) is 0 Å². The zero-order chi connectivity index (χ0) is 10.4. The number of ether oxygens (including phenoxy) is 3. The number of methoxy groups -OCH3 is 2. The first-order valence-electron chi connectivity index (χ1n) is 4.94. The normalized spacial score (nSPS) is 32.5. The van der Waals surface area contributed by atoms with Crippen LogP contribution in [0.3, 0.4) is 0 Å². The van der Waals surface area contributed by atoms with Crippen LogP contribution >= 0.6 is 0 Å². The van der Waals surface area contributed by atoms with Gasteiger partial charge in [-0.25, -0.2) is 0 Å². The van der Waals surface area contributed by atoms with Gasteiger partial charge in [-0.2, -0.15) is 0 Å². The van der Waals surface area contributed by atoms with Crippen molar-refractivity contribution in [2.75, 3.05) is 20.8 Å². The lowest BCUT2D eigenvalue weighted by Crippen LogP contribution is -2.45. The van der Waals surface area contributed by atoms with Crippen molar-refractivity contribution in [3.63, 3.8) is 0 Å². The molecule has 0 amide bonds. The Labute approximate surface area is 85.7 Å². The number of hydrogen-bond acceptors (Lipinski definition) is 3. The second-order valence-electron chi connectivity index (χ2n) is 3.46. The molecule has 0 N–H and O–H groups in total. The van der Waals surface area contributed by atoms with Gasteiger partial charge in [-0.3, -0.25) is 0 Å². The Bertz CT molecular complexity index is 185. The lowest BCUT2D eigenvalue weighted by atomic mass is 9.91. The Morgan fingerprint density at radius 3 is 2.21 bits per heavy atom. The van der Waals surface area contributed by atoms with E-state index >= 15 is 0 Å². The van der Waals surface area contributed by atoms with Crippen molar-refractivity contribution in [3.8, 4) is 12.3 Å². The topological polar surface area (TPSA) is 27.7 Å². The van der Waals surface area contributed by atoms with Crippen molar-refractivity contribution < 1.29 is 14.2 Å². The molecule has 0 heterocycles. The van der Waals surface area contributed by atoms with E-state index < -0.39 is 0 Å². The van der Waals surface area contributed by atoms with Crippen LogP contribution in [-0.4, -0.2) is 39.1 Å². The highest BCUT2D eigenvalue weighted by Gasteiger charge is 2.34. The summed E-state index contributed by atoms with van der Waals surface area (Å²) in [6.07, 6.45) is 8.53. The molecule has 0 aliphatic heterocycles. The van der Waals surface area contributed by atoms with Crippen molar-refractivity contribution in [1.29, 1.82) is 0 Å². The van der Waals surface area contributed by atoms with Crippen molar-refractivity contribution in [2.45, 2.75) is 37.6 Å². The average Bonchev–Trinajstić information content (AvgIpc) is 2.25. The molecule has 1 aliphatic rings. The molecule has 0 aromatic carbocycles. The second kappa shape index (κ2) is 6.02. The highest BCUT2D eigenvalue weighted by atomic mass is 16.6. The molecule has 0 aromatic rings. The lowest BCUT2D eigenvalue weighted by molar-refractivity contribution is -0.135. The number of terminal acetylenes is 1. The van der Waals surface area contributed by atoms with E-state index in [2.05, 4.69) is 5.92 Å². The molecule has 0 bridgehead atoms. The molecule has 2 unspecified atom stereocenters. The summed E-state index contributed by atoms with van der Waals surface area (Å²) in [4.78, 5) is 0. The summed E-state index contributed by atoms with van der Waals surface area (Å²) in [5.41, 5.74) is 0. The molecule has 80 valence electrons.